The van der Waals surface area contributed by atoms with Crippen LogP contribution < -0.4 is 0 Å². The normalized spacial score (nSPS) is 14.5. The van der Waals surface area contributed by atoms with Gasteiger partial charge in [0.15, 0.2) is 28.1 Å². The first-order valence-corrected chi connectivity index (χ1v) is 11.7. The molecule has 2 aromatic heterocycles. The summed E-state index contributed by atoms with van der Waals surface area (Å²) in [6.45, 7) is 1.76. The third-order valence-electron chi connectivity index (χ3n) is 5.89. The summed E-state index contributed by atoms with van der Waals surface area (Å²) in [5, 5.41) is 21.6. The smallest absolute Gasteiger partial charge is 0.418 e. The minimum absolute atomic E-state index is 0.0220. The summed E-state index contributed by atoms with van der Waals surface area (Å²) >= 11 is 0.543. The molecular weight excluding hydrogens is 501 g/mol. The first kappa shape index (κ1) is 25.8. The van der Waals surface area contributed by atoms with Crippen LogP contribution in [0.4, 0.5) is 22.0 Å². The third-order valence-corrected chi connectivity index (χ3v) is 6.94. The molecule has 4 aromatic rings. The van der Waals surface area contributed by atoms with Crippen molar-refractivity contribution >= 4 is 22.7 Å². The molecule has 1 unspecified atom stereocenters. The number of fused-ring (bicyclic) bond motifs is 1. The zero-order chi connectivity index (χ0) is 26.1. The number of halogens is 5. The second kappa shape index (κ2) is 9.98. The average molecular weight is 522 g/mol. The van der Waals surface area contributed by atoms with Crippen LogP contribution in [0, 0.1) is 18.6 Å². The summed E-state index contributed by atoms with van der Waals surface area (Å²) in [6.07, 6.45) is -3.06. The number of aryl methyl sites for hydroxylation is 1. The van der Waals surface area contributed by atoms with Crippen LogP contribution in [0.3, 0.4) is 0 Å². The Hall–Kier alpha value is -3.31. The van der Waals surface area contributed by atoms with E-state index in [0.717, 1.165) is 6.07 Å². The number of hydrogen-bond donors (Lipinski definition) is 2. The Labute approximate surface area is 207 Å². The van der Waals surface area contributed by atoms with Crippen LogP contribution in [-0.2, 0) is 6.42 Å². The van der Waals surface area contributed by atoms with Crippen molar-refractivity contribution in [2.24, 2.45) is 0 Å². The molecule has 188 valence electrons. The Morgan fingerprint density at radius 1 is 0.972 bits per heavy atom. The lowest BCUT2D eigenvalue weighted by molar-refractivity contribution is -0.259. The zero-order valence-corrected chi connectivity index (χ0v) is 19.6. The van der Waals surface area contributed by atoms with Gasteiger partial charge in [-0.2, -0.15) is 13.2 Å². The van der Waals surface area contributed by atoms with Crippen molar-refractivity contribution in [3.63, 3.8) is 0 Å². The number of phenols is 1. The van der Waals surface area contributed by atoms with Gasteiger partial charge in [-0.05, 0) is 48.7 Å². The van der Waals surface area contributed by atoms with E-state index in [2.05, 4.69) is 15.0 Å². The number of nitrogens with zero attached hydrogens (tertiary/aromatic N) is 3. The van der Waals surface area contributed by atoms with Gasteiger partial charge in [0.25, 0.3) is 0 Å². The monoisotopic (exact) mass is 521 g/mol. The van der Waals surface area contributed by atoms with Crippen molar-refractivity contribution in [3.05, 3.63) is 89.4 Å². The maximum absolute atomic E-state index is 15.1. The second-order valence-corrected chi connectivity index (χ2v) is 9.18. The summed E-state index contributed by atoms with van der Waals surface area (Å²) in [6, 6.07) is 11.2. The lowest BCUT2D eigenvalue weighted by Crippen LogP contribution is -2.53. The standard InChI is InChI=1S/C25H20F5N3O2S/c1-14-6-7-16-15(4-2-5-20(16)33-14)12-18(17-8-9-19(26)22(34)21(17)27)24(35,25(28,29)30)13-36-23-31-10-3-11-32-23/h2-11,18,34-35H,12-13H2,1H3/t18-,24?/m0/s1. The van der Waals surface area contributed by atoms with Crippen molar-refractivity contribution < 1.29 is 32.2 Å². The van der Waals surface area contributed by atoms with Crippen molar-refractivity contribution in [1.82, 2.24) is 15.0 Å². The first-order valence-electron chi connectivity index (χ1n) is 10.7. The minimum Gasteiger partial charge on any atom is -0.503 e. The number of pyridine rings is 1. The fraction of sp³-hybridized carbons (Fsp3) is 0.240. The number of alkyl halides is 3. The molecule has 0 spiro atoms. The van der Waals surface area contributed by atoms with Crippen LogP contribution in [-0.4, -0.2) is 42.7 Å². The number of aliphatic hydroxyl groups is 1. The van der Waals surface area contributed by atoms with Crippen LogP contribution >= 0.6 is 11.8 Å². The molecule has 5 nitrogen and oxygen atoms in total. The molecule has 2 heterocycles. The van der Waals surface area contributed by atoms with E-state index < -0.39 is 52.8 Å². The molecule has 0 saturated heterocycles. The number of rotatable bonds is 7. The van der Waals surface area contributed by atoms with Gasteiger partial charge in [-0.15, -0.1) is 0 Å². The van der Waals surface area contributed by atoms with Gasteiger partial charge >= 0.3 is 6.18 Å². The number of hydrogen-bond acceptors (Lipinski definition) is 6. The highest BCUT2D eigenvalue weighted by atomic mass is 32.2. The van der Waals surface area contributed by atoms with Gasteiger partial charge in [-0.25, -0.2) is 18.7 Å². The Bertz CT molecular complexity index is 1390. The van der Waals surface area contributed by atoms with E-state index in [4.69, 9.17) is 0 Å². The summed E-state index contributed by atoms with van der Waals surface area (Å²) in [5.41, 5.74) is -2.63. The molecule has 0 aliphatic rings. The summed E-state index contributed by atoms with van der Waals surface area (Å²) in [5.74, 6) is -7.27. The Balaban J connectivity index is 1.87. The summed E-state index contributed by atoms with van der Waals surface area (Å²) < 4.78 is 72.5. The van der Waals surface area contributed by atoms with Crippen LogP contribution in [0.1, 0.15) is 22.7 Å². The molecule has 0 saturated carbocycles. The number of thioether (sulfide) groups is 1. The molecule has 11 heteroatoms. The molecule has 0 aliphatic carbocycles. The largest absolute Gasteiger partial charge is 0.503 e. The van der Waals surface area contributed by atoms with Gasteiger partial charge in [0, 0.05) is 35.1 Å². The maximum Gasteiger partial charge on any atom is 0.418 e. The zero-order valence-electron chi connectivity index (χ0n) is 18.8. The molecule has 2 N–H and O–H groups in total. The van der Waals surface area contributed by atoms with Crippen LogP contribution in [0.25, 0.3) is 10.9 Å². The van der Waals surface area contributed by atoms with Crippen molar-refractivity contribution in [2.45, 2.75) is 36.2 Å². The fourth-order valence-electron chi connectivity index (χ4n) is 3.99. The van der Waals surface area contributed by atoms with Crippen molar-refractivity contribution in [3.8, 4) is 5.75 Å². The summed E-state index contributed by atoms with van der Waals surface area (Å²) in [4.78, 5) is 12.1. The highest BCUT2D eigenvalue weighted by Gasteiger charge is 2.59. The van der Waals surface area contributed by atoms with Gasteiger partial charge in [0.05, 0.1) is 5.52 Å². The van der Waals surface area contributed by atoms with Crippen LogP contribution in [0.2, 0.25) is 0 Å². The predicted molar refractivity (Wildman–Crippen MR) is 125 cm³/mol. The molecule has 0 bridgehead atoms. The predicted octanol–water partition coefficient (Wildman–Crippen LogP) is 5.73. The molecular formula is C25H20F5N3O2S. The van der Waals surface area contributed by atoms with E-state index in [1.54, 1.807) is 37.3 Å². The Kier molecular flexibility index (Phi) is 7.14. The van der Waals surface area contributed by atoms with E-state index in [-0.39, 0.29) is 5.16 Å². The number of aromatic hydroxyl groups is 1. The number of benzene rings is 2. The van der Waals surface area contributed by atoms with E-state index in [0.29, 0.717) is 40.0 Å². The molecule has 0 aliphatic heterocycles. The molecule has 36 heavy (non-hydrogen) atoms. The Morgan fingerprint density at radius 3 is 2.39 bits per heavy atom. The van der Waals surface area contributed by atoms with E-state index >= 15 is 4.39 Å². The molecule has 0 radical (unpaired) electrons. The van der Waals surface area contributed by atoms with Crippen molar-refractivity contribution in [2.75, 3.05) is 5.75 Å². The van der Waals surface area contributed by atoms with Gasteiger partial charge in [0.1, 0.15) is 0 Å². The topological polar surface area (TPSA) is 79.1 Å². The highest BCUT2D eigenvalue weighted by Crippen LogP contribution is 2.47. The van der Waals surface area contributed by atoms with E-state index in [1.807, 2.05) is 0 Å². The van der Waals surface area contributed by atoms with Gasteiger partial charge in [-0.3, -0.25) is 4.98 Å². The number of phenolic OH excluding ortho intramolecular Hbond substituents is 1. The lowest BCUT2D eigenvalue weighted by Gasteiger charge is -2.38. The second-order valence-electron chi connectivity index (χ2n) is 8.23. The molecule has 0 fully saturated rings. The van der Waals surface area contributed by atoms with Gasteiger partial charge in [-0.1, -0.05) is 36.0 Å². The highest BCUT2D eigenvalue weighted by molar-refractivity contribution is 7.99. The third kappa shape index (κ3) is 4.98. The molecule has 2 aromatic carbocycles. The van der Waals surface area contributed by atoms with Crippen LogP contribution in [0.15, 0.2) is 66.1 Å². The van der Waals surface area contributed by atoms with Crippen LogP contribution in [0.5, 0.6) is 5.75 Å². The maximum atomic E-state index is 15.1. The van der Waals surface area contributed by atoms with Gasteiger partial charge < -0.3 is 10.2 Å². The Morgan fingerprint density at radius 2 is 1.69 bits per heavy atom. The molecule has 0 amide bonds. The quantitative estimate of drug-likeness (QED) is 0.184. The van der Waals surface area contributed by atoms with Gasteiger partial charge in [0.2, 0.25) is 0 Å². The molecule has 2 atom stereocenters. The summed E-state index contributed by atoms with van der Waals surface area (Å²) in [7, 11) is 0. The molecule has 4 rings (SSSR count). The average Bonchev–Trinajstić information content (AvgIpc) is 2.84. The van der Waals surface area contributed by atoms with E-state index in [9.17, 15) is 27.8 Å². The van der Waals surface area contributed by atoms with Crippen molar-refractivity contribution in [1.29, 1.82) is 0 Å². The minimum atomic E-state index is -5.24. The number of aromatic nitrogens is 3. The lowest BCUT2D eigenvalue weighted by atomic mass is 9.77. The first-order chi connectivity index (χ1) is 17.0. The SMILES string of the molecule is Cc1ccc2c(C[C@@H](c3ccc(F)c(O)c3F)C(O)(CSc3ncccn3)C(F)(F)F)cccc2n1. The fourth-order valence-corrected chi connectivity index (χ4v) is 4.98. The van der Waals surface area contributed by atoms with E-state index in [1.165, 1.54) is 18.5 Å².